The molecule has 1 fully saturated rings. The zero-order chi connectivity index (χ0) is 11.0. The topological polar surface area (TPSA) is 20.2 Å². The third-order valence-corrected chi connectivity index (χ3v) is 5.60. The number of thiophene rings is 2. The van der Waals surface area contributed by atoms with E-state index in [-0.39, 0.29) is 0 Å². The van der Waals surface area contributed by atoms with E-state index in [4.69, 9.17) is 0 Å². The van der Waals surface area contributed by atoms with Crippen molar-refractivity contribution in [2.75, 3.05) is 0 Å². The average molecular weight is 250 g/mol. The van der Waals surface area contributed by atoms with Gasteiger partial charge in [0.25, 0.3) is 0 Å². The molecule has 3 heteroatoms. The molecule has 1 N–H and O–H groups in total. The highest BCUT2D eigenvalue weighted by atomic mass is 32.1. The summed E-state index contributed by atoms with van der Waals surface area (Å²) in [5, 5.41) is 12.6. The van der Waals surface area contributed by atoms with Crippen molar-refractivity contribution < 1.29 is 5.11 Å². The van der Waals surface area contributed by atoms with Crippen LogP contribution in [0.15, 0.2) is 29.6 Å². The smallest absolute Gasteiger partial charge is 0.0988 e. The minimum Gasteiger partial charge on any atom is -0.384 e. The maximum absolute atomic E-state index is 10.5. The van der Waals surface area contributed by atoms with Crippen LogP contribution in [0.1, 0.15) is 30.6 Å². The molecule has 1 nitrogen and oxygen atoms in total. The van der Waals surface area contributed by atoms with Crippen LogP contribution in [0.25, 0.3) is 9.75 Å². The second kappa shape index (κ2) is 3.99. The molecule has 84 valence electrons. The van der Waals surface area contributed by atoms with Crippen LogP contribution in [0.5, 0.6) is 0 Å². The minimum absolute atomic E-state index is 0.528. The quantitative estimate of drug-likeness (QED) is 0.845. The van der Waals surface area contributed by atoms with Crippen LogP contribution in [0.3, 0.4) is 0 Å². The summed E-state index contributed by atoms with van der Waals surface area (Å²) in [6.45, 7) is 0. The van der Waals surface area contributed by atoms with Crippen LogP contribution >= 0.6 is 22.7 Å². The van der Waals surface area contributed by atoms with Crippen molar-refractivity contribution in [3.05, 3.63) is 34.5 Å². The van der Waals surface area contributed by atoms with Gasteiger partial charge < -0.3 is 5.11 Å². The molecule has 1 aliphatic rings. The predicted molar refractivity (Wildman–Crippen MR) is 70.0 cm³/mol. The molecule has 1 aliphatic carbocycles. The number of aliphatic hydroxyl groups is 1. The van der Waals surface area contributed by atoms with E-state index >= 15 is 0 Å². The summed E-state index contributed by atoms with van der Waals surface area (Å²) in [7, 11) is 0. The fourth-order valence-electron chi connectivity index (χ4n) is 2.35. The molecule has 0 amide bonds. The van der Waals surface area contributed by atoms with Gasteiger partial charge in [0.1, 0.15) is 0 Å². The molecular formula is C13H14OS2. The van der Waals surface area contributed by atoms with E-state index in [1.807, 2.05) is 0 Å². The van der Waals surface area contributed by atoms with E-state index in [0.29, 0.717) is 0 Å². The number of hydrogen-bond acceptors (Lipinski definition) is 3. The van der Waals surface area contributed by atoms with Crippen LogP contribution < -0.4 is 0 Å². The first-order valence-corrected chi connectivity index (χ1v) is 7.34. The van der Waals surface area contributed by atoms with Gasteiger partial charge in [-0.25, -0.2) is 0 Å². The molecule has 0 bridgehead atoms. The molecule has 0 saturated heterocycles. The Kier molecular flexibility index (Phi) is 2.62. The Labute approximate surface area is 103 Å². The Hall–Kier alpha value is -0.640. The Bertz CT molecular complexity index is 464. The lowest BCUT2D eigenvalue weighted by Gasteiger charge is -2.19. The van der Waals surface area contributed by atoms with Crippen LogP contribution in [-0.4, -0.2) is 5.11 Å². The molecule has 0 atom stereocenters. The van der Waals surface area contributed by atoms with Crippen molar-refractivity contribution in [3.63, 3.8) is 0 Å². The molecule has 0 aliphatic heterocycles. The third kappa shape index (κ3) is 1.73. The third-order valence-electron chi connectivity index (χ3n) is 3.26. The van der Waals surface area contributed by atoms with Crippen molar-refractivity contribution in [2.45, 2.75) is 31.3 Å². The minimum atomic E-state index is -0.528. The van der Waals surface area contributed by atoms with Crippen molar-refractivity contribution in [3.8, 4) is 9.75 Å². The zero-order valence-electron chi connectivity index (χ0n) is 8.98. The first-order chi connectivity index (χ1) is 7.78. The second-order valence-electron chi connectivity index (χ2n) is 4.38. The maximum Gasteiger partial charge on any atom is 0.0988 e. The molecule has 2 heterocycles. The lowest BCUT2D eigenvalue weighted by atomic mass is 10.0. The van der Waals surface area contributed by atoms with Crippen LogP contribution in [0.2, 0.25) is 0 Å². The van der Waals surface area contributed by atoms with Gasteiger partial charge in [-0.2, -0.15) is 0 Å². The molecule has 16 heavy (non-hydrogen) atoms. The highest BCUT2D eigenvalue weighted by molar-refractivity contribution is 7.21. The van der Waals surface area contributed by atoms with Crippen molar-refractivity contribution >= 4 is 22.7 Å². The number of rotatable bonds is 2. The predicted octanol–water partition coefficient (Wildman–Crippen LogP) is 4.24. The van der Waals surface area contributed by atoms with Crippen molar-refractivity contribution in [1.29, 1.82) is 0 Å². The van der Waals surface area contributed by atoms with Crippen molar-refractivity contribution in [1.82, 2.24) is 0 Å². The van der Waals surface area contributed by atoms with E-state index in [0.717, 1.165) is 30.6 Å². The fraction of sp³-hybridized carbons (Fsp3) is 0.385. The van der Waals surface area contributed by atoms with E-state index in [2.05, 4.69) is 29.6 Å². The molecule has 2 aromatic rings. The number of hydrogen-bond donors (Lipinski definition) is 1. The van der Waals surface area contributed by atoms with Crippen LogP contribution in [-0.2, 0) is 5.60 Å². The van der Waals surface area contributed by atoms with Gasteiger partial charge in [-0.1, -0.05) is 18.9 Å². The van der Waals surface area contributed by atoms with E-state index in [9.17, 15) is 5.11 Å². The summed E-state index contributed by atoms with van der Waals surface area (Å²) in [5.74, 6) is 0. The lowest BCUT2D eigenvalue weighted by molar-refractivity contribution is 0.0483. The molecule has 3 rings (SSSR count). The highest BCUT2D eigenvalue weighted by Gasteiger charge is 2.34. The van der Waals surface area contributed by atoms with Gasteiger partial charge >= 0.3 is 0 Å². The van der Waals surface area contributed by atoms with Gasteiger partial charge in [0.2, 0.25) is 0 Å². The van der Waals surface area contributed by atoms with Crippen LogP contribution in [0.4, 0.5) is 0 Å². The van der Waals surface area contributed by atoms with Crippen molar-refractivity contribution in [2.24, 2.45) is 0 Å². The van der Waals surface area contributed by atoms with Gasteiger partial charge in [-0.05, 0) is 36.4 Å². The molecule has 0 spiro atoms. The largest absolute Gasteiger partial charge is 0.384 e. The van der Waals surface area contributed by atoms with Gasteiger partial charge in [0, 0.05) is 14.6 Å². The molecule has 0 radical (unpaired) electrons. The standard InChI is InChI=1S/C13H14OS2/c14-13(7-1-2-8-13)12-6-5-11(16-12)10-4-3-9-15-10/h3-6,9,14H,1-2,7-8H2. The summed E-state index contributed by atoms with van der Waals surface area (Å²) in [4.78, 5) is 3.73. The fourth-order valence-corrected chi connectivity index (χ4v) is 4.33. The first kappa shape index (κ1) is 10.5. The summed E-state index contributed by atoms with van der Waals surface area (Å²) in [6, 6.07) is 8.45. The SMILES string of the molecule is OC1(c2ccc(-c3cccs3)s2)CCCC1. The lowest BCUT2D eigenvalue weighted by Crippen LogP contribution is -2.18. The van der Waals surface area contributed by atoms with Gasteiger partial charge in [0.05, 0.1) is 5.60 Å². The Morgan fingerprint density at radius 1 is 1.06 bits per heavy atom. The van der Waals surface area contributed by atoms with Gasteiger partial charge in [-0.15, -0.1) is 22.7 Å². The Balaban J connectivity index is 1.93. The second-order valence-corrected chi connectivity index (χ2v) is 6.41. The summed E-state index contributed by atoms with van der Waals surface area (Å²) >= 11 is 3.51. The Morgan fingerprint density at radius 2 is 1.88 bits per heavy atom. The monoisotopic (exact) mass is 250 g/mol. The maximum atomic E-state index is 10.5. The zero-order valence-corrected chi connectivity index (χ0v) is 10.6. The van der Waals surface area contributed by atoms with Crippen LogP contribution in [0, 0.1) is 0 Å². The molecule has 1 saturated carbocycles. The summed E-state index contributed by atoms with van der Waals surface area (Å²) < 4.78 is 0. The van der Waals surface area contributed by atoms with E-state index in [1.165, 1.54) is 9.75 Å². The summed E-state index contributed by atoms with van der Waals surface area (Å²) in [5.41, 5.74) is -0.528. The first-order valence-electron chi connectivity index (χ1n) is 5.64. The Morgan fingerprint density at radius 3 is 2.56 bits per heavy atom. The van der Waals surface area contributed by atoms with Gasteiger partial charge in [0.15, 0.2) is 0 Å². The molecule has 0 aromatic carbocycles. The highest BCUT2D eigenvalue weighted by Crippen LogP contribution is 2.43. The molecule has 2 aromatic heterocycles. The van der Waals surface area contributed by atoms with E-state index < -0.39 is 5.60 Å². The average Bonchev–Trinajstić information content (AvgIpc) is 2.98. The van der Waals surface area contributed by atoms with Gasteiger partial charge in [-0.3, -0.25) is 0 Å². The normalized spacial score (nSPS) is 19.1. The van der Waals surface area contributed by atoms with E-state index in [1.54, 1.807) is 22.7 Å². The summed E-state index contributed by atoms with van der Waals surface area (Å²) in [6.07, 6.45) is 4.17. The molecule has 0 unspecified atom stereocenters. The molecular weight excluding hydrogens is 236 g/mol.